The van der Waals surface area contributed by atoms with Crippen LogP contribution in [-0.2, 0) is 24.3 Å². The molecule has 0 aliphatic rings. The van der Waals surface area contributed by atoms with Crippen LogP contribution in [0.2, 0.25) is 0 Å². The number of rotatable bonds is 7. The molecule has 0 aliphatic carbocycles. The van der Waals surface area contributed by atoms with Crippen LogP contribution in [0.4, 0.5) is 0 Å². The van der Waals surface area contributed by atoms with E-state index < -0.39 is 28.0 Å². The Morgan fingerprint density at radius 3 is 2.60 bits per heavy atom. The number of halogens is 1. The van der Waals surface area contributed by atoms with Gasteiger partial charge >= 0.3 is 11.9 Å². The number of hydrogen-bond acceptors (Lipinski definition) is 6. The summed E-state index contributed by atoms with van der Waals surface area (Å²) in [6, 6.07) is 1.51. The molecule has 20 heavy (non-hydrogen) atoms. The fourth-order valence-electron chi connectivity index (χ4n) is 1.28. The number of carbonyl (C=O) groups excluding carboxylic acids is 1. The molecule has 0 radical (unpaired) electrons. The molecule has 0 bridgehead atoms. The van der Waals surface area contributed by atoms with Gasteiger partial charge in [0.15, 0.2) is 0 Å². The molecule has 0 saturated heterocycles. The summed E-state index contributed by atoms with van der Waals surface area (Å²) in [7, 11) is -2.76. The highest BCUT2D eigenvalue weighted by molar-refractivity contribution is 9.11. The van der Waals surface area contributed by atoms with Crippen molar-refractivity contribution in [2.45, 2.75) is 23.1 Å². The lowest BCUT2D eigenvalue weighted by molar-refractivity contribution is -0.142. The number of nitrogens with one attached hydrogen (secondary N) is 1. The molecule has 0 saturated carbocycles. The highest BCUT2D eigenvalue weighted by atomic mass is 79.9. The van der Waals surface area contributed by atoms with Gasteiger partial charge in [0.2, 0.25) is 0 Å². The molecular weight excluding hydrogens is 374 g/mol. The summed E-state index contributed by atoms with van der Waals surface area (Å²) >= 11 is 4.09. The van der Waals surface area contributed by atoms with Crippen molar-refractivity contribution in [3.8, 4) is 0 Å². The largest absolute Gasteiger partial charge is 0.480 e. The van der Waals surface area contributed by atoms with Crippen molar-refractivity contribution in [1.82, 2.24) is 4.72 Å². The summed E-state index contributed by atoms with van der Waals surface area (Å²) in [4.78, 5) is 22.0. The van der Waals surface area contributed by atoms with Gasteiger partial charge in [-0.3, -0.25) is 9.59 Å². The van der Waals surface area contributed by atoms with E-state index in [4.69, 9.17) is 5.11 Å². The molecule has 1 atom stereocenters. The predicted molar refractivity (Wildman–Crippen MR) is 75.0 cm³/mol. The first-order valence-electron chi connectivity index (χ1n) is 5.33. The van der Waals surface area contributed by atoms with Crippen LogP contribution in [0.15, 0.2) is 20.1 Å². The SMILES string of the molecule is COC(=O)CC[C@@H](NS(=O)(=O)c1ccc(Br)s1)C(=O)O. The Labute approximate surface area is 128 Å². The Morgan fingerprint density at radius 1 is 1.50 bits per heavy atom. The number of hydrogen-bond donors (Lipinski definition) is 2. The number of aliphatic carboxylic acids is 1. The lowest BCUT2D eigenvalue weighted by Gasteiger charge is -2.13. The van der Waals surface area contributed by atoms with E-state index in [1.54, 1.807) is 6.07 Å². The smallest absolute Gasteiger partial charge is 0.321 e. The third-order valence-electron chi connectivity index (χ3n) is 2.27. The average Bonchev–Trinajstić information content (AvgIpc) is 2.81. The Bertz CT molecular complexity index is 597. The fraction of sp³-hybridized carbons (Fsp3) is 0.400. The van der Waals surface area contributed by atoms with Gasteiger partial charge in [-0.1, -0.05) is 0 Å². The molecule has 7 nitrogen and oxygen atoms in total. The van der Waals surface area contributed by atoms with Crippen LogP contribution in [0.5, 0.6) is 0 Å². The molecule has 1 aromatic rings. The van der Waals surface area contributed by atoms with Crippen LogP contribution >= 0.6 is 27.3 Å². The van der Waals surface area contributed by atoms with E-state index in [-0.39, 0.29) is 17.1 Å². The molecule has 10 heteroatoms. The van der Waals surface area contributed by atoms with Crippen LogP contribution in [-0.4, -0.2) is 38.6 Å². The molecule has 2 N–H and O–H groups in total. The first kappa shape index (κ1) is 17.1. The summed E-state index contributed by atoms with van der Waals surface area (Å²) in [5, 5.41) is 8.99. The lowest BCUT2D eigenvalue weighted by atomic mass is 10.2. The van der Waals surface area contributed by atoms with Crippen molar-refractivity contribution in [1.29, 1.82) is 0 Å². The second kappa shape index (κ2) is 7.16. The third kappa shape index (κ3) is 4.85. The quantitative estimate of drug-likeness (QED) is 0.682. The predicted octanol–water partition coefficient (Wildman–Crippen LogP) is 1.20. The van der Waals surface area contributed by atoms with Crippen molar-refractivity contribution in [3.05, 3.63) is 15.9 Å². The van der Waals surface area contributed by atoms with E-state index in [2.05, 4.69) is 25.4 Å². The Balaban J connectivity index is 2.80. The zero-order chi connectivity index (χ0) is 15.3. The minimum absolute atomic E-state index is 0.00584. The number of methoxy groups -OCH3 is 1. The summed E-state index contributed by atoms with van der Waals surface area (Å²) in [6.45, 7) is 0. The van der Waals surface area contributed by atoms with Crippen molar-refractivity contribution in [2.24, 2.45) is 0 Å². The first-order chi connectivity index (χ1) is 9.26. The number of carboxylic acids is 1. The van der Waals surface area contributed by atoms with Crippen LogP contribution in [0.1, 0.15) is 12.8 Å². The first-order valence-corrected chi connectivity index (χ1v) is 8.43. The number of sulfonamides is 1. The molecule has 1 heterocycles. The number of esters is 1. The van der Waals surface area contributed by atoms with Gasteiger partial charge in [0, 0.05) is 6.42 Å². The van der Waals surface area contributed by atoms with Crippen molar-refractivity contribution in [3.63, 3.8) is 0 Å². The number of thiophene rings is 1. The Hall–Kier alpha value is -0.970. The zero-order valence-electron chi connectivity index (χ0n) is 10.3. The van der Waals surface area contributed by atoms with Gasteiger partial charge in [0.25, 0.3) is 10.0 Å². The molecule has 0 unspecified atom stereocenters. The van der Waals surface area contributed by atoms with E-state index in [1.807, 2.05) is 0 Å². The maximum absolute atomic E-state index is 12.0. The molecule has 0 aromatic carbocycles. The van der Waals surface area contributed by atoms with E-state index in [0.717, 1.165) is 11.3 Å². The van der Waals surface area contributed by atoms with Crippen molar-refractivity contribution >= 4 is 49.2 Å². The van der Waals surface area contributed by atoms with Crippen molar-refractivity contribution < 1.29 is 27.9 Å². The van der Waals surface area contributed by atoms with E-state index >= 15 is 0 Å². The number of ether oxygens (including phenoxy) is 1. The van der Waals surface area contributed by atoms with E-state index in [1.165, 1.54) is 13.2 Å². The maximum atomic E-state index is 12.0. The summed E-state index contributed by atoms with van der Waals surface area (Å²) in [5.41, 5.74) is 0. The topological polar surface area (TPSA) is 110 Å². The van der Waals surface area contributed by atoms with E-state index in [0.29, 0.717) is 3.79 Å². The second-order valence-corrected chi connectivity index (χ2v) is 8.09. The van der Waals surface area contributed by atoms with Gasteiger partial charge in [-0.2, -0.15) is 4.72 Å². The van der Waals surface area contributed by atoms with Gasteiger partial charge in [0.05, 0.1) is 10.9 Å². The van der Waals surface area contributed by atoms with Crippen LogP contribution in [0.3, 0.4) is 0 Å². The molecule has 112 valence electrons. The minimum Gasteiger partial charge on any atom is -0.480 e. The summed E-state index contributed by atoms with van der Waals surface area (Å²) in [6.07, 6.45) is -0.377. The highest BCUT2D eigenvalue weighted by Gasteiger charge is 2.27. The normalized spacial score (nSPS) is 12.9. The average molecular weight is 386 g/mol. The number of carboxylic acid groups (broad SMARTS) is 1. The molecule has 1 aromatic heterocycles. The lowest BCUT2D eigenvalue weighted by Crippen LogP contribution is -2.40. The minimum atomic E-state index is -3.93. The third-order valence-corrected chi connectivity index (χ3v) is 5.86. The molecule has 0 fully saturated rings. The van der Waals surface area contributed by atoms with Gasteiger partial charge < -0.3 is 9.84 Å². The molecule has 0 amide bonds. The Kier molecular flexibility index (Phi) is 6.11. The fourth-order valence-corrected chi connectivity index (χ4v) is 4.53. The zero-order valence-corrected chi connectivity index (χ0v) is 13.5. The van der Waals surface area contributed by atoms with E-state index in [9.17, 15) is 18.0 Å². The Morgan fingerprint density at radius 2 is 2.15 bits per heavy atom. The maximum Gasteiger partial charge on any atom is 0.321 e. The highest BCUT2D eigenvalue weighted by Crippen LogP contribution is 2.26. The molecular formula is C10H12BrNO6S2. The summed E-state index contributed by atoms with van der Waals surface area (Å²) in [5.74, 6) is -1.96. The molecule has 0 spiro atoms. The monoisotopic (exact) mass is 385 g/mol. The standard InChI is InChI=1S/C10H12BrNO6S2/c1-18-8(13)4-2-6(10(14)15)12-20(16,17)9-5-3-7(11)19-9/h3,5-6,12H,2,4H2,1H3,(H,14,15)/t6-/m1/s1. The van der Waals surface area contributed by atoms with Gasteiger partial charge in [-0.05, 0) is 34.5 Å². The van der Waals surface area contributed by atoms with Gasteiger partial charge in [-0.15, -0.1) is 11.3 Å². The van der Waals surface area contributed by atoms with Crippen LogP contribution in [0, 0.1) is 0 Å². The van der Waals surface area contributed by atoms with Crippen LogP contribution in [0.25, 0.3) is 0 Å². The molecule has 0 aliphatic heterocycles. The van der Waals surface area contributed by atoms with Gasteiger partial charge in [0.1, 0.15) is 10.3 Å². The van der Waals surface area contributed by atoms with Crippen molar-refractivity contribution in [2.75, 3.05) is 7.11 Å². The second-order valence-electron chi connectivity index (χ2n) is 3.69. The van der Waals surface area contributed by atoms with Gasteiger partial charge in [-0.25, -0.2) is 8.42 Å². The molecule has 1 rings (SSSR count). The summed E-state index contributed by atoms with van der Waals surface area (Å²) < 4.78 is 31.0. The number of carbonyl (C=O) groups is 2. The van der Waals surface area contributed by atoms with Crippen LogP contribution < -0.4 is 4.72 Å².